The molecule has 1 fully saturated rings. The van der Waals surface area contributed by atoms with Crippen molar-refractivity contribution >= 4 is 16.9 Å². The maximum Gasteiger partial charge on any atom is 0.431 e. The van der Waals surface area contributed by atoms with Gasteiger partial charge in [0.25, 0.3) is 0 Å². The Bertz CT molecular complexity index is 1100. The molecule has 0 spiro atoms. The summed E-state index contributed by atoms with van der Waals surface area (Å²) in [5.41, 5.74) is 0.257. The number of para-hydroxylation sites is 1. The quantitative estimate of drug-likeness (QED) is 0.619. The summed E-state index contributed by atoms with van der Waals surface area (Å²) < 4.78 is 51.1. The molecule has 4 heterocycles. The van der Waals surface area contributed by atoms with Gasteiger partial charge in [0, 0.05) is 19.2 Å². The van der Waals surface area contributed by atoms with Crippen LogP contribution >= 0.6 is 0 Å². The first kappa shape index (κ1) is 21.0. The fourth-order valence-corrected chi connectivity index (χ4v) is 4.73. The van der Waals surface area contributed by atoms with Crippen molar-refractivity contribution in [3.05, 3.63) is 47.9 Å². The number of nitrogens with zero attached hydrogens (tertiary/aromatic N) is 3. The van der Waals surface area contributed by atoms with Crippen LogP contribution in [0, 0.1) is 5.92 Å². The number of alkyl halides is 3. The smallest absolute Gasteiger partial charge is 0.431 e. The van der Waals surface area contributed by atoms with E-state index in [2.05, 4.69) is 25.2 Å². The lowest BCUT2D eigenvalue weighted by Gasteiger charge is -2.39. The second-order valence-corrected chi connectivity index (χ2v) is 8.31. The number of hydrogen-bond acceptors (Lipinski definition) is 6. The van der Waals surface area contributed by atoms with E-state index in [1.54, 1.807) is 7.11 Å². The van der Waals surface area contributed by atoms with Gasteiger partial charge in [-0.15, -0.1) is 0 Å². The number of nitrogens with one attached hydrogen (secondary N) is 2. The third-order valence-electron chi connectivity index (χ3n) is 6.26. The van der Waals surface area contributed by atoms with Crippen LogP contribution in [-0.4, -0.2) is 59.3 Å². The maximum atomic E-state index is 13.2. The molecule has 2 aliphatic rings. The van der Waals surface area contributed by atoms with Gasteiger partial charge in [-0.3, -0.25) is 4.90 Å². The number of likely N-dealkylation sites (tertiary alicyclic amines) is 1. The number of halogens is 3. The summed E-state index contributed by atoms with van der Waals surface area (Å²) in [7, 11) is 1.71. The van der Waals surface area contributed by atoms with Crippen LogP contribution in [-0.2, 0) is 10.9 Å². The lowest BCUT2D eigenvalue weighted by molar-refractivity contribution is -0.140. The summed E-state index contributed by atoms with van der Waals surface area (Å²) in [5, 5.41) is 3.73. The largest absolute Gasteiger partial charge is 0.491 e. The lowest BCUT2D eigenvalue weighted by Crippen LogP contribution is -2.47. The van der Waals surface area contributed by atoms with Crippen LogP contribution in [0.4, 0.5) is 19.0 Å². The van der Waals surface area contributed by atoms with Crippen molar-refractivity contribution in [3.63, 3.8) is 0 Å². The molecule has 170 valence electrons. The normalized spacial score (nSPS) is 23.8. The van der Waals surface area contributed by atoms with Gasteiger partial charge in [-0.2, -0.15) is 13.2 Å². The lowest BCUT2D eigenvalue weighted by atomic mass is 9.95. The number of hydrogen-bond donors (Lipinski definition) is 2. The molecule has 0 unspecified atom stereocenters. The standard InChI is InChI=1S/C22H24F3N5O2/c1-31-10-13-6-7-30(9-13)16-11-32-17-5-3-2-4-14(17)19(16)29-21-15-8-18(22(23,24)25)28-20(15)26-12-27-21/h2-5,8,12-13,16,19H,6-7,9-11H2,1H3,(H2,26,27,28,29)/t13-,16+,19+/m1/s1. The second kappa shape index (κ2) is 8.25. The van der Waals surface area contributed by atoms with Crippen molar-refractivity contribution in [1.29, 1.82) is 0 Å². The number of benzene rings is 1. The Hall–Kier alpha value is -2.85. The van der Waals surface area contributed by atoms with Crippen molar-refractivity contribution in [2.75, 3.05) is 38.7 Å². The molecule has 2 aliphatic heterocycles. The Labute approximate surface area is 182 Å². The zero-order valence-electron chi connectivity index (χ0n) is 17.5. The summed E-state index contributed by atoms with van der Waals surface area (Å²) in [4.78, 5) is 13.0. The number of methoxy groups -OCH3 is 1. The monoisotopic (exact) mass is 447 g/mol. The SMILES string of the molecule is COC[C@@H]1CCN([C@H]2COc3ccccc3[C@@H]2Nc2ncnc3[nH]c(C(F)(F)F)cc23)C1. The highest BCUT2D eigenvalue weighted by Crippen LogP contribution is 2.39. The molecule has 0 aliphatic carbocycles. The molecule has 1 saturated heterocycles. The Kier molecular flexibility index (Phi) is 5.42. The van der Waals surface area contributed by atoms with Gasteiger partial charge in [0.15, 0.2) is 0 Å². The summed E-state index contributed by atoms with van der Waals surface area (Å²) in [6.45, 7) is 2.96. The van der Waals surface area contributed by atoms with Gasteiger partial charge in [0.05, 0.1) is 24.1 Å². The van der Waals surface area contributed by atoms with Gasteiger partial charge in [-0.1, -0.05) is 18.2 Å². The third-order valence-corrected chi connectivity index (χ3v) is 6.26. The van der Waals surface area contributed by atoms with Crippen LogP contribution in [0.15, 0.2) is 36.7 Å². The van der Waals surface area contributed by atoms with Gasteiger partial charge in [0.2, 0.25) is 0 Å². The number of anilines is 1. The minimum atomic E-state index is -4.49. The fraction of sp³-hybridized carbons (Fsp3) is 0.455. The van der Waals surface area contributed by atoms with Crippen LogP contribution in [0.1, 0.15) is 23.7 Å². The van der Waals surface area contributed by atoms with E-state index in [-0.39, 0.29) is 17.7 Å². The molecular formula is C22H24F3N5O2. The number of aromatic amines is 1. The molecule has 32 heavy (non-hydrogen) atoms. The first-order valence-corrected chi connectivity index (χ1v) is 10.6. The van der Waals surface area contributed by atoms with Gasteiger partial charge < -0.3 is 19.8 Å². The molecular weight excluding hydrogens is 423 g/mol. The molecule has 2 N–H and O–H groups in total. The highest BCUT2D eigenvalue weighted by Gasteiger charge is 2.39. The van der Waals surface area contributed by atoms with Crippen LogP contribution in [0.3, 0.4) is 0 Å². The molecule has 5 rings (SSSR count). The molecule has 0 radical (unpaired) electrons. The Morgan fingerprint density at radius 1 is 1.28 bits per heavy atom. The Balaban J connectivity index is 1.50. The zero-order valence-corrected chi connectivity index (χ0v) is 17.5. The molecule has 3 atom stereocenters. The van der Waals surface area contributed by atoms with E-state index < -0.39 is 11.9 Å². The van der Waals surface area contributed by atoms with Crippen molar-refractivity contribution in [2.45, 2.75) is 24.7 Å². The van der Waals surface area contributed by atoms with E-state index in [0.717, 1.165) is 36.9 Å². The van der Waals surface area contributed by atoms with Crippen molar-refractivity contribution in [3.8, 4) is 5.75 Å². The molecule has 10 heteroatoms. The molecule has 2 aromatic heterocycles. The first-order chi connectivity index (χ1) is 15.4. The maximum absolute atomic E-state index is 13.2. The van der Waals surface area contributed by atoms with E-state index in [1.165, 1.54) is 6.33 Å². The molecule has 1 aromatic carbocycles. The van der Waals surface area contributed by atoms with Crippen LogP contribution in [0.2, 0.25) is 0 Å². The van der Waals surface area contributed by atoms with E-state index >= 15 is 0 Å². The minimum Gasteiger partial charge on any atom is -0.491 e. The van der Waals surface area contributed by atoms with Gasteiger partial charge in [-0.25, -0.2) is 9.97 Å². The summed E-state index contributed by atoms with van der Waals surface area (Å²) >= 11 is 0. The second-order valence-electron chi connectivity index (χ2n) is 8.31. The van der Waals surface area contributed by atoms with Crippen LogP contribution in [0.5, 0.6) is 5.75 Å². The number of ether oxygens (including phenoxy) is 2. The molecule has 3 aromatic rings. The Morgan fingerprint density at radius 2 is 2.12 bits per heavy atom. The first-order valence-electron chi connectivity index (χ1n) is 10.6. The third kappa shape index (κ3) is 3.88. The number of H-pyrrole nitrogens is 1. The molecule has 0 amide bonds. The predicted octanol–water partition coefficient (Wildman–Crippen LogP) is 3.86. The average Bonchev–Trinajstić information content (AvgIpc) is 3.42. The van der Waals surface area contributed by atoms with E-state index in [1.807, 2.05) is 24.3 Å². The van der Waals surface area contributed by atoms with E-state index in [0.29, 0.717) is 30.3 Å². The fourth-order valence-electron chi connectivity index (χ4n) is 4.73. The number of aromatic nitrogens is 3. The molecule has 0 bridgehead atoms. The zero-order chi connectivity index (χ0) is 22.3. The Morgan fingerprint density at radius 3 is 2.94 bits per heavy atom. The predicted molar refractivity (Wildman–Crippen MR) is 113 cm³/mol. The minimum absolute atomic E-state index is 0.00204. The van der Waals surface area contributed by atoms with Gasteiger partial charge >= 0.3 is 6.18 Å². The average molecular weight is 447 g/mol. The number of fused-ring (bicyclic) bond motifs is 2. The summed E-state index contributed by atoms with van der Waals surface area (Å²) in [5.74, 6) is 1.58. The van der Waals surface area contributed by atoms with Gasteiger partial charge in [-0.05, 0) is 31.0 Å². The van der Waals surface area contributed by atoms with Crippen LogP contribution < -0.4 is 10.1 Å². The topological polar surface area (TPSA) is 75.3 Å². The summed E-state index contributed by atoms with van der Waals surface area (Å²) in [6.07, 6.45) is -2.19. The van der Waals surface area contributed by atoms with Crippen molar-refractivity contribution < 1.29 is 22.6 Å². The van der Waals surface area contributed by atoms with Crippen molar-refractivity contribution in [2.24, 2.45) is 5.92 Å². The van der Waals surface area contributed by atoms with Crippen LogP contribution in [0.25, 0.3) is 11.0 Å². The van der Waals surface area contributed by atoms with Gasteiger partial charge in [0.1, 0.15) is 35.8 Å². The highest BCUT2D eigenvalue weighted by molar-refractivity contribution is 5.88. The molecule has 0 saturated carbocycles. The number of rotatable bonds is 5. The molecule has 7 nitrogen and oxygen atoms in total. The van der Waals surface area contributed by atoms with E-state index in [9.17, 15) is 13.2 Å². The summed E-state index contributed by atoms with van der Waals surface area (Å²) in [6, 6.07) is 8.59. The van der Waals surface area contributed by atoms with E-state index in [4.69, 9.17) is 9.47 Å². The highest BCUT2D eigenvalue weighted by atomic mass is 19.4. The van der Waals surface area contributed by atoms with Crippen molar-refractivity contribution in [1.82, 2.24) is 19.9 Å².